The van der Waals surface area contributed by atoms with Crippen molar-refractivity contribution in [2.24, 2.45) is 11.8 Å². The first kappa shape index (κ1) is 11.1. The van der Waals surface area contributed by atoms with Gasteiger partial charge in [0.05, 0.1) is 18.1 Å². The zero-order chi connectivity index (χ0) is 11.0. The average Bonchev–Trinajstić information content (AvgIpc) is 2.79. The fourth-order valence-corrected chi connectivity index (χ4v) is 3.58. The van der Waals surface area contributed by atoms with Gasteiger partial charge in [0.1, 0.15) is 9.88 Å². The van der Waals surface area contributed by atoms with Crippen LogP contribution >= 0.6 is 27.3 Å². The van der Waals surface area contributed by atoms with Gasteiger partial charge in [-0.25, -0.2) is 9.78 Å². The van der Waals surface area contributed by atoms with Crippen molar-refractivity contribution in [3.63, 3.8) is 0 Å². The lowest BCUT2D eigenvalue weighted by Gasteiger charge is -2.03. The molecule has 3 unspecified atom stereocenters. The number of carbonyl (C=O) groups is 1. The second kappa shape index (κ2) is 4.22. The maximum absolute atomic E-state index is 11.2. The van der Waals surface area contributed by atoms with Gasteiger partial charge in [0, 0.05) is 0 Å². The van der Waals surface area contributed by atoms with E-state index in [0.717, 1.165) is 10.9 Å². The van der Waals surface area contributed by atoms with Gasteiger partial charge in [-0.15, -0.1) is 11.3 Å². The third-order valence-corrected chi connectivity index (χ3v) is 5.17. The van der Waals surface area contributed by atoms with E-state index in [-0.39, 0.29) is 10.8 Å². The third-order valence-electron chi connectivity index (χ3n) is 2.69. The van der Waals surface area contributed by atoms with Crippen LogP contribution in [0, 0.1) is 11.8 Å². The Kier molecular flexibility index (Phi) is 3.11. The number of thiazole rings is 1. The minimum atomic E-state index is -0.303. The summed E-state index contributed by atoms with van der Waals surface area (Å²) in [6.45, 7) is 2.23. The topological polar surface area (TPSA) is 39.2 Å². The third kappa shape index (κ3) is 2.23. The van der Waals surface area contributed by atoms with Gasteiger partial charge >= 0.3 is 5.97 Å². The molecule has 3 atom stereocenters. The zero-order valence-corrected chi connectivity index (χ0v) is 11.0. The van der Waals surface area contributed by atoms with Gasteiger partial charge in [0.25, 0.3) is 0 Å². The van der Waals surface area contributed by atoms with Crippen molar-refractivity contribution in [3.05, 3.63) is 16.1 Å². The van der Waals surface area contributed by atoms with Gasteiger partial charge in [-0.3, -0.25) is 0 Å². The van der Waals surface area contributed by atoms with Gasteiger partial charge in [0.2, 0.25) is 0 Å². The number of carbonyl (C=O) groups excluding carboxylic acids is 1. The van der Waals surface area contributed by atoms with Gasteiger partial charge < -0.3 is 4.74 Å². The molecular formula is C10H12BrNO2S. The van der Waals surface area contributed by atoms with E-state index in [0.29, 0.717) is 10.8 Å². The molecule has 0 aromatic carbocycles. The van der Waals surface area contributed by atoms with Crippen LogP contribution in [0.4, 0.5) is 0 Å². The second-order valence-electron chi connectivity index (χ2n) is 3.83. The van der Waals surface area contributed by atoms with Crippen LogP contribution in [0.3, 0.4) is 0 Å². The fraction of sp³-hybridized carbons (Fsp3) is 0.600. The number of nitrogens with zero attached hydrogens (tertiary/aromatic N) is 1. The number of ether oxygens (including phenoxy) is 1. The molecule has 2 rings (SSSR count). The van der Waals surface area contributed by atoms with E-state index in [1.165, 1.54) is 24.9 Å². The quantitative estimate of drug-likeness (QED) is 0.634. The first-order valence-corrected chi connectivity index (χ1v) is 6.54. The summed E-state index contributed by atoms with van der Waals surface area (Å²) in [6.07, 6.45) is 2.83. The van der Waals surface area contributed by atoms with Crippen molar-refractivity contribution in [3.8, 4) is 0 Å². The minimum absolute atomic E-state index is 0.288. The minimum Gasteiger partial charge on any atom is -0.465 e. The van der Waals surface area contributed by atoms with E-state index >= 15 is 0 Å². The SMILES string of the molecule is COC(=O)c1cnc(C(Br)C2CC2C)s1. The molecule has 3 nitrogen and oxygen atoms in total. The molecular weight excluding hydrogens is 278 g/mol. The van der Waals surface area contributed by atoms with Gasteiger partial charge in [0.15, 0.2) is 0 Å². The lowest BCUT2D eigenvalue weighted by atomic mass is 10.2. The highest BCUT2D eigenvalue weighted by molar-refractivity contribution is 9.09. The molecule has 1 saturated carbocycles. The summed E-state index contributed by atoms with van der Waals surface area (Å²) in [5.74, 6) is 1.13. The largest absolute Gasteiger partial charge is 0.465 e. The normalized spacial score (nSPS) is 26.1. The Balaban J connectivity index is 2.09. The highest BCUT2D eigenvalue weighted by Crippen LogP contribution is 2.51. The Morgan fingerprint density at radius 3 is 3.00 bits per heavy atom. The number of alkyl halides is 1. The molecule has 0 saturated heterocycles. The summed E-state index contributed by atoms with van der Waals surface area (Å²) in [5, 5.41) is 0.977. The predicted octanol–water partition coefficient (Wildman–Crippen LogP) is 3.02. The standard InChI is InChI=1S/C10H12BrNO2S/c1-5-3-6(5)8(11)9-12-4-7(15-9)10(13)14-2/h4-6,8H,3H2,1-2H3. The summed E-state index contributed by atoms with van der Waals surface area (Å²) < 4.78 is 4.64. The molecule has 1 aromatic heterocycles. The number of methoxy groups -OCH3 is 1. The number of esters is 1. The van der Waals surface area contributed by atoms with E-state index in [1.54, 1.807) is 6.20 Å². The Morgan fingerprint density at radius 2 is 2.47 bits per heavy atom. The highest BCUT2D eigenvalue weighted by Gasteiger charge is 2.40. The summed E-state index contributed by atoms with van der Waals surface area (Å²) >= 11 is 5.04. The van der Waals surface area contributed by atoms with Gasteiger partial charge in [-0.1, -0.05) is 22.9 Å². The lowest BCUT2D eigenvalue weighted by molar-refractivity contribution is 0.0606. The molecule has 15 heavy (non-hydrogen) atoms. The summed E-state index contributed by atoms with van der Waals surface area (Å²) in [5.41, 5.74) is 0. The molecule has 1 heterocycles. The van der Waals surface area contributed by atoms with Gasteiger partial charge in [-0.05, 0) is 18.3 Å². The van der Waals surface area contributed by atoms with Crippen LogP contribution in [0.15, 0.2) is 6.20 Å². The van der Waals surface area contributed by atoms with Crippen LogP contribution in [0.1, 0.15) is 32.9 Å². The van der Waals surface area contributed by atoms with E-state index in [1.807, 2.05) is 0 Å². The number of aromatic nitrogens is 1. The maximum Gasteiger partial charge on any atom is 0.349 e. The molecule has 0 aliphatic heterocycles. The Bertz CT molecular complexity index is 379. The van der Waals surface area contributed by atoms with Crippen molar-refractivity contribution in [1.29, 1.82) is 0 Å². The Morgan fingerprint density at radius 1 is 1.80 bits per heavy atom. The molecule has 0 N–H and O–H groups in total. The van der Waals surface area contributed by atoms with Crippen molar-refractivity contribution in [2.45, 2.75) is 18.2 Å². The number of rotatable bonds is 3. The van der Waals surface area contributed by atoms with Crippen LogP contribution < -0.4 is 0 Å². The molecule has 1 fully saturated rings. The van der Waals surface area contributed by atoms with Crippen molar-refractivity contribution in [1.82, 2.24) is 4.98 Å². The van der Waals surface area contributed by atoms with E-state index in [9.17, 15) is 4.79 Å². The first-order chi connectivity index (χ1) is 7.13. The van der Waals surface area contributed by atoms with Crippen LogP contribution in [-0.4, -0.2) is 18.1 Å². The van der Waals surface area contributed by atoms with E-state index < -0.39 is 0 Å². The van der Waals surface area contributed by atoms with E-state index in [2.05, 4.69) is 32.6 Å². The van der Waals surface area contributed by atoms with Crippen LogP contribution in [-0.2, 0) is 4.74 Å². The number of hydrogen-bond donors (Lipinski definition) is 0. The van der Waals surface area contributed by atoms with Crippen LogP contribution in [0.2, 0.25) is 0 Å². The monoisotopic (exact) mass is 289 g/mol. The first-order valence-electron chi connectivity index (χ1n) is 4.81. The summed E-state index contributed by atoms with van der Waals surface area (Å²) in [6, 6.07) is 0. The Hall–Kier alpha value is -0.420. The molecule has 0 amide bonds. The van der Waals surface area contributed by atoms with Crippen molar-refractivity contribution in [2.75, 3.05) is 7.11 Å². The number of hydrogen-bond acceptors (Lipinski definition) is 4. The smallest absolute Gasteiger partial charge is 0.349 e. The van der Waals surface area contributed by atoms with Crippen LogP contribution in [0.25, 0.3) is 0 Å². The van der Waals surface area contributed by atoms with Crippen LogP contribution in [0.5, 0.6) is 0 Å². The molecule has 0 bridgehead atoms. The van der Waals surface area contributed by atoms with Gasteiger partial charge in [-0.2, -0.15) is 0 Å². The molecule has 1 aliphatic rings. The molecule has 0 spiro atoms. The molecule has 82 valence electrons. The molecule has 1 aliphatic carbocycles. The van der Waals surface area contributed by atoms with Crippen molar-refractivity contribution >= 4 is 33.2 Å². The number of halogens is 1. The molecule has 5 heteroatoms. The summed E-state index contributed by atoms with van der Waals surface area (Å²) in [7, 11) is 1.39. The van der Waals surface area contributed by atoms with E-state index in [4.69, 9.17) is 0 Å². The fourth-order valence-electron chi connectivity index (χ4n) is 1.55. The second-order valence-corrected chi connectivity index (χ2v) is 5.88. The average molecular weight is 290 g/mol. The Labute approximate surface area is 101 Å². The maximum atomic E-state index is 11.2. The molecule has 0 radical (unpaired) electrons. The predicted molar refractivity (Wildman–Crippen MR) is 62.4 cm³/mol. The summed E-state index contributed by atoms with van der Waals surface area (Å²) in [4.78, 5) is 16.3. The molecule has 1 aromatic rings. The lowest BCUT2D eigenvalue weighted by Crippen LogP contribution is -1.96. The highest BCUT2D eigenvalue weighted by atomic mass is 79.9. The zero-order valence-electron chi connectivity index (χ0n) is 8.57. The van der Waals surface area contributed by atoms with Crippen molar-refractivity contribution < 1.29 is 9.53 Å².